The summed E-state index contributed by atoms with van der Waals surface area (Å²) in [5.41, 5.74) is 1.30. The highest BCUT2D eigenvalue weighted by molar-refractivity contribution is 5.89. The van der Waals surface area contributed by atoms with Crippen molar-refractivity contribution in [3.8, 4) is 5.75 Å². The van der Waals surface area contributed by atoms with Crippen LogP contribution in [-0.2, 0) is 16.1 Å². The van der Waals surface area contributed by atoms with E-state index in [0.717, 1.165) is 12.3 Å². The maximum Gasteiger partial charge on any atom is 0.328 e. The van der Waals surface area contributed by atoms with Crippen LogP contribution < -0.4 is 4.74 Å². The molecule has 7 heteroatoms. The fraction of sp³-hybridized carbons (Fsp3) is 0.400. The molecule has 1 unspecified atom stereocenters. The van der Waals surface area contributed by atoms with E-state index in [4.69, 9.17) is 14.9 Å². The van der Waals surface area contributed by atoms with Gasteiger partial charge in [-0.15, -0.1) is 0 Å². The largest absolute Gasteiger partial charge is 0.497 e. The summed E-state index contributed by atoms with van der Waals surface area (Å²) in [6, 6.07) is 9.09. The average molecular weight is 374 g/mol. The molecule has 0 aliphatic carbocycles. The molecule has 27 heavy (non-hydrogen) atoms. The van der Waals surface area contributed by atoms with E-state index in [1.54, 1.807) is 7.11 Å². The number of likely N-dealkylation sites (tertiary alicyclic amines) is 1. The van der Waals surface area contributed by atoms with E-state index < -0.39 is 11.9 Å². The highest BCUT2D eigenvalue weighted by Crippen LogP contribution is 2.23. The quantitative estimate of drug-likeness (QED) is 0.756. The summed E-state index contributed by atoms with van der Waals surface area (Å²) in [5, 5.41) is 16.9. The molecule has 2 heterocycles. The Morgan fingerprint density at radius 2 is 1.78 bits per heavy atom. The molecule has 3 rings (SSSR count). The number of carbonyl (C=O) groups is 2. The molecule has 0 saturated carbocycles. The van der Waals surface area contributed by atoms with Crippen LogP contribution in [0.4, 0.5) is 0 Å². The minimum absolute atomic E-state index is 0.558. The molecule has 1 aliphatic rings. The molecule has 1 aliphatic heterocycles. The second-order valence-corrected chi connectivity index (χ2v) is 6.49. The molecular weight excluding hydrogens is 348 g/mol. The second kappa shape index (κ2) is 9.78. The van der Waals surface area contributed by atoms with Crippen LogP contribution in [0.2, 0.25) is 0 Å². The van der Waals surface area contributed by atoms with Crippen molar-refractivity contribution in [3.63, 3.8) is 0 Å². The molecule has 7 nitrogen and oxygen atoms in total. The number of carboxylic acids is 2. The third-order valence-electron chi connectivity index (χ3n) is 4.57. The van der Waals surface area contributed by atoms with Crippen molar-refractivity contribution in [1.29, 1.82) is 0 Å². The summed E-state index contributed by atoms with van der Waals surface area (Å²) in [6.07, 6.45) is 6.02. The molecule has 2 aromatic rings. The number of rotatable bonds is 6. The fourth-order valence-corrected chi connectivity index (χ4v) is 3.19. The van der Waals surface area contributed by atoms with Crippen molar-refractivity contribution < 1.29 is 24.5 Å². The van der Waals surface area contributed by atoms with Crippen LogP contribution >= 0.6 is 0 Å². The van der Waals surface area contributed by atoms with Crippen LogP contribution in [-0.4, -0.2) is 57.9 Å². The van der Waals surface area contributed by atoms with E-state index in [0.29, 0.717) is 18.2 Å². The first-order valence-electron chi connectivity index (χ1n) is 8.91. The number of fused-ring (bicyclic) bond motifs is 1. The van der Waals surface area contributed by atoms with Crippen LogP contribution in [0.5, 0.6) is 5.75 Å². The molecule has 1 aromatic carbocycles. The van der Waals surface area contributed by atoms with E-state index >= 15 is 0 Å². The number of benzene rings is 1. The summed E-state index contributed by atoms with van der Waals surface area (Å²) in [7, 11) is 1.72. The van der Waals surface area contributed by atoms with Crippen LogP contribution in [0.15, 0.2) is 42.6 Å². The van der Waals surface area contributed by atoms with Gasteiger partial charge in [0, 0.05) is 41.8 Å². The molecule has 0 amide bonds. The van der Waals surface area contributed by atoms with E-state index in [9.17, 15) is 9.59 Å². The third-order valence-corrected chi connectivity index (χ3v) is 4.57. The molecule has 1 aromatic heterocycles. The van der Waals surface area contributed by atoms with Crippen molar-refractivity contribution >= 4 is 22.8 Å². The number of aromatic nitrogens is 1. The van der Waals surface area contributed by atoms with Crippen LogP contribution in [0.25, 0.3) is 10.9 Å². The molecule has 0 bridgehead atoms. The van der Waals surface area contributed by atoms with Crippen molar-refractivity contribution in [2.24, 2.45) is 0 Å². The Balaban J connectivity index is 0.000000279. The lowest BCUT2D eigenvalue weighted by Crippen LogP contribution is -2.33. The third kappa shape index (κ3) is 6.14. The van der Waals surface area contributed by atoms with Crippen LogP contribution in [0, 0.1) is 0 Å². The number of methoxy groups -OCH3 is 1. The van der Waals surface area contributed by atoms with Crippen molar-refractivity contribution in [3.05, 3.63) is 42.6 Å². The molecule has 146 valence electrons. The molecule has 1 atom stereocenters. The highest BCUT2D eigenvalue weighted by Gasteiger charge is 2.18. The first-order chi connectivity index (χ1) is 12.9. The maximum absolute atomic E-state index is 9.55. The van der Waals surface area contributed by atoms with E-state index in [1.807, 2.05) is 6.07 Å². The number of ether oxygens (including phenoxy) is 1. The minimum Gasteiger partial charge on any atom is -0.497 e. The van der Waals surface area contributed by atoms with Gasteiger partial charge in [-0.2, -0.15) is 0 Å². The van der Waals surface area contributed by atoms with E-state index in [-0.39, 0.29) is 0 Å². The topological polar surface area (TPSA) is 92.0 Å². The molecule has 0 spiro atoms. The summed E-state index contributed by atoms with van der Waals surface area (Å²) in [4.78, 5) is 21.7. The van der Waals surface area contributed by atoms with Crippen LogP contribution in [0.3, 0.4) is 0 Å². The van der Waals surface area contributed by atoms with Crippen LogP contribution in [0.1, 0.15) is 19.8 Å². The molecule has 0 radical (unpaired) electrons. The SMILES string of the molecule is COc1ccc2c(ccn2CC(C)N2CCCC2)c1.O=C(O)/C=C/C(=O)O. The Labute approximate surface area is 158 Å². The average Bonchev–Trinajstić information content (AvgIpc) is 3.30. The number of hydrogen-bond acceptors (Lipinski definition) is 4. The monoisotopic (exact) mass is 374 g/mol. The zero-order valence-electron chi connectivity index (χ0n) is 15.7. The second-order valence-electron chi connectivity index (χ2n) is 6.49. The summed E-state index contributed by atoms with van der Waals surface area (Å²) in [5.74, 6) is -1.59. The molecule has 1 saturated heterocycles. The number of carboxylic acid groups (broad SMARTS) is 2. The summed E-state index contributed by atoms with van der Waals surface area (Å²) >= 11 is 0. The van der Waals surface area contributed by atoms with Gasteiger partial charge in [0.1, 0.15) is 5.75 Å². The lowest BCUT2D eigenvalue weighted by molar-refractivity contribution is -0.134. The van der Waals surface area contributed by atoms with Crippen molar-refractivity contribution in [2.75, 3.05) is 20.2 Å². The van der Waals surface area contributed by atoms with E-state index in [1.165, 1.54) is 36.8 Å². The van der Waals surface area contributed by atoms with Gasteiger partial charge in [0.2, 0.25) is 0 Å². The first-order valence-corrected chi connectivity index (χ1v) is 8.91. The summed E-state index contributed by atoms with van der Waals surface area (Å²) in [6.45, 7) is 5.92. The van der Waals surface area contributed by atoms with Crippen molar-refractivity contribution in [1.82, 2.24) is 9.47 Å². The number of hydrogen-bond donors (Lipinski definition) is 2. The number of nitrogens with zero attached hydrogens (tertiary/aromatic N) is 2. The van der Waals surface area contributed by atoms with Gasteiger partial charge in [-0.25, -0.2) is 9.59 Å². The summed E-state index contributed by atoms with van der Waals surface area (Å²) < 4.78 is 7.64. The van der Waals surface area contributed by atoms with Gasteiger partial charge >= 0.3 is 11.9 Å². The Morgan fingerprint density at radius 3 is 2.33 bits per heavy atom. The van der Waals surface area contributed by atoms with E-state index in [2.05, 4.69) is 40.8 Å². The Hall–Kier alpha value is -2.80. The van der Waals surface area contributed by atoms with Gasteiger partial charge in [-0.05, 0) is 57.1 Å². The maximum atomic E-state index is 9.55. The molecule has 1 fully saturated rings. The smallest absolute Gasteiger partial charge is 0.328 e. The first kappa shape index (κ1) is 20.5. The standard InChI is InChI=1S/C16H22N2O.C4H4O4/c1-13(17-8-3-4-9-17)12-18-10-7-14-11-15(19-2)5-6-16(14)18;5-3(6)1-2-4(7)8/h5-7,10-11,13H,3-4,8-9,12H2,1-2H3;1-2H,(H,5,6)(H,7,8)/b;2-1+. The van der Waals surface area contributed by atoms with Gasteiger partial charge < -0.3 is 19.5 Å². The zero-order valence-corrected chi connectivity index (χ0v) is 15.7. The Kier molecular flexibility index (Phi) is 7.43. The lowest BCUT2D eigenvalue weighted by atomic mass is 10.2. The van der Waals surface area contributed by atoms with Gasteiger partial charge in [0.25, 0.3) is 0 Å². The minimum atomic E-state index is -1.26. The Bertz CT molecular complexity index is 790. The predicted octanol–water partition coefficient (Wildman–Crippen LogP) is 2.85. The molecular formula is C20H26N2O5. The van der Waals surface area contributed by atoms with Crippen molar-refractivity contribution in [2.45, 2.75) is 32.4 Å². The van der Waals surface area contributed by atoms with Gasteiger partial charge in [0.15, 0.2) is 0 Å². The normalized spacial score (nSPS) is 15.5. The molecule has 2 N–H and O–H groups in total. The lowest BCUT2D eigenvalue weighted by Gasteiger charge is -2.24. The van der Waals surface area contributed by atoms with Gasteiger partial charge in [0.05, 0.1) is 7.11 Å². The van der Waals surface area contributed by atoms with Gasteiger partial charge in [-0.1, -0.05) is 0 Å². The predicted molar refractivity (Wildman–Crippen MR) is 103 cm³/mol. The van der Waals surface area contributed by atoms with Gasteiger partial charge in [-0.3, -0.25) is 4.90 Å². The highest BCUT2D eigenvalue weighted by atomic mass is 16.5. The zero-order chi connectivity index (χ0) is 19.8. The number of aliphatic carboxylic acids is 2. The fourth-order valence-electron chi connectivity index (χ4n) is 3.19. The Morgan fingerprint density at radius 1 is 1.15 bits per heavy atom.